The Kier molecular flexibility index (Phi) is 13.1. The average Bonchev–Trinajstić information content (AvgIpc) is 2.28. The van der Waals surface area contributed by atoms with Crippen LogP contribution in [0.4, 0.5) is 0 Å². The molecule has 0 radical (unpaired) electrons. The van der Waals surface area contributed by atoms with Crippen LogP contribution in [0.1, 0.15) is 34.1 Å². The number of hydrogen-bond acceptors (Lipinski definition) is 3. The lowest BCUT2D eigenvalue weighted by molar-refractivity contribution is 0.581. The smallest absolute Gasteiger partial charge is 0.211 e. The Balaban J connectivity index is 0. The number of nitrogens with zero attached hydrogens (tertiary/aromatic N) is 1. The first-order chi connectivity index (χ1) is 8.41. The zero-order chi connectivity index (χ0) is 14.0. The molecule has 19 heavy (non-hydrogen) atoms. The average molecular weight is 406 g/mol. The van der Waals surface area contributed by atoms with Gasteiger partial charge in [-0.15, -0.1) is 24.0 Å². The lowest BCUT2D eigenvalue weighted by Gasteiger charge is -2.13. The highest BCUT2D eigenvalue weighted by Crippen LogP contribution is 1.86. The monoisotopic (exact) mass is 406 g/mol. The molecule has 0 atom stereocenters. The quantitative estimate of drug-likeness (QED) is 0.242. The molecular weight excluding hydrogens is 379 g/mol. The van der Waals surface area contributed by atoms with E-state index in [0.29, 0.717) is 25.6 Å². The van der Waals surface area contributed by atoms with Gasteiger partial charge in [0.1, 0.15) is 0 Å². The Morgan fingerprint density at radius 3 is 2.37 bits per heavy atom. The van der Waals surface area contributed by atoms with Gasteiger partial charge in [-0.3, -0.25) is 4.99 Å². The first-order valence-corrected chi connectivity index (χ1v) is 8.08. The largest absolute Gasteiger partial charge is 0.357 e. The minimum Gasteiger partial charge on any atom is -0.357 e. The van der Waals surface area contributed by atoms with E-state index in [1.807, 2.05) is 20.8 Å². The summed E-state index contributed by atoms with van der Waals surface area (Å²) in [6, 6.07) is 0.321. The van der Waals surface area contributed by atoms with Crippen LogP contribution in [-0.2, 0) is 10.0 Å². The van der Waals surface area contributed by atoms with Gasteiger partial charge in [0, 0.05) is 25.7 Å². The molecule has 0 amide bonds. The molecule has 0 fully saturated rings. The molecule has 0 unspecified atom stereocenters. The van der Waals surface area contributed by atoms with Crippen molar-refractivity contribution in [2.75, 3.05) is 25.4 Å². The van der Waals surface area contributed by atoms with Gasteiger partial charge in [0.2, 0.25) is 10.0 Å². The van der Waals surface area contributed by atoms with Crippen molar-refractivity contribution < 1.29 is 8.42 Å². The number of sulfonamides is 1. The molecule has 3 N–H and O–H groups in total. The van der Waals surface area contributed by atoms with E-state index in [1.54, 1.807) is 6.92 Å². The minimum absolute atomic E-state index is 0. The van der Waals surface area contributed by atoms with Gasteiger partial charge in [-0.05, 0) is 34.1 Å². The summed E-state index contributed by atoms with van der Waals surface area (Å²) in [5, 5.41) is 6.33. The fraction of sp³-hybridized carbons (Fsp3) is 0.909. The fourth-order valence-electron chi connectivity index (χ4n) is 1.19. The predicted octanol–water partition coefficient (Wildman–Crippen LogP) is 0.897. The number of nitrogens with one attached hydrogen (secondary N) is 3. The summed E-state index contributed by atoms with van der Waals surface area (Å²) < 4.78 is 24.9. The van der Waals surface area contributed by atoms with Gasteiger partial charge in [-0.1, -0.05) is 0 Å². The molecule has 0 saturated heterocycles. The van der Waals surface area contributed by atoms with E-state index in [-0.39, 0.29) is 29.7 Å². The van der Waals surface area contributed by atoms with Gasteiger partial charge < -0.3 is 10.6 Å². The van der Waals surface area contributed by atoms with Crippen molar-refractivity contribution in [1.82, 2.24) is 15.4 Å². The summed E-state index contributed by atoms with van der Waals surface area (Å²) in [5.41, 5.74) is 0. The number of halogens is 1. The predicted molar refractivity (Wildman–Crippen MR) is 91.7 cm³/mol. The SMILES string of the molecule is CCNC(=NCCCNS(=O)(=O)CC)NC(C)C.I. The Morgan fingerprint density at radius 1 is 1.26 bits per heavy atom. The zero-order valence-corrected chi connectivity index (χ0v) is 15.3. The van der Waals surface area contributed by atoms with E-state index in [1.165, 1.54) is 0 Å². The molecule has 0 bridgehead atoms. The first-order valence-electron chi connectivity index (χ1n) is 6.43. The Labute approximate surface area is 134 Å². The van der Waals surface area contributed by atoms with Crippen molar-refractivity contribution in [1.29, 1.82) is 0 Å². The topological polar surface area (TPSA) is 82.6 Å². The first kappa shape index (κ1) is 21.2. The highest BCUT2D eigenvalue weighted by molar-refractivity contribution is 14.0. The van der Waals surface area contributed by atoms with Crippen molar-refractivity contribution >= 4 is 40.0 Å². The summed E-state index contributed by atoms with van der Waals surface area (Å²) in [6.45, 7) is 9.55. The van der Waals surface area contributed by atoms with Crippen molar-refractivity contribution in [2.24, 2.45) is 4.99 Å². The maximum Gasteiger partial charge on any atom is 0.211 e. The van der Waals surface area contributed by atoms with Crippen molar-refractivity contribution in [3.63, 3.8) is 0 Å². The summed E-state index contributed by atoms with van der Waals surface area (Å²) in [7, 11) is -3.08. The van der Waals surface area contributed by atoms with Gasteiger partial charge in [-0.2, -0.15) is 0 Å². The third-order valence-corrected chi connectivity index (χ3v) is 3.48. The van der Waals surface area contributed by atoms with Crippen molar-refractivity contribution in [3.8, 4) is 0 Å². The molecule has 8 heteroatoms. The minimum atomic E-state index is -3.08. The van der Waals surface area contributed by atoms with Crippen LogP contribution in [0.5, 0.6) is 0 Å². The summed E-state index contributed by atoms with van der Waals surface area (Å²) in [6.07, 6.45) is 0.688. The van der Waals surface area contributed by atoms with E-state index in [2.05, 4.69) is 20.3 Å². The van der Waals surface area contributed by atoms with E-state index >= 15 is 0 Å². The lowest BCUT2D eigenvalue weighted by Crippen LogP contribution is -2.41. The number of hydrogen-bond donors (Lipinski definition) is 3. The third kappa shape index (κ3) is 12.7. The molecule has 0 aromatic heterocycles. The number of guanidine groups is 1. The second kappa shape index (κ2) is 11.7. The second-order valence-corrected chi connectivity index (χ2v) is 6.31. The van der Waals surface area contributed by atoms with Crippen LogP contribution in [-0.4, -0.2) is 45.8 Å². The number of aliphatic imine (C=N–C) groups is 1. The third-order valence-electron chi connectivity index (χ3n) is 2.08. The maximum atomic E-state index is 11.2. The molecule has 0 aliphatic rings. The van der Waals surface area contributed by atoms with E-state index < -0.39 is 10.0 Å². The van der Waals surface area contributed by atoms with E-state index in [0.717, 1.165) is 12.5 Å². The van der Waals surface area contributed by atoms with Crippen LogP contribution < -0.4 is 15.4 Å². The molecule has 0 spiro atoms. The van der Waals surface area contributed by atoms with Crippen LogP contribution in [0, 0.1) is 0 Å². The second-order valence-electron chi connectivity index (χ2n) is 4.21. The molecule has 0 rings (SSSR count). The summed E-state index contributed by atoms with van der Waals surface area (Å²) in [4.78, 5) is 4.36. The number of rotatable bonds is 8. The van der Waals surface area contributed by atoms with Gasteiger partial charge in [0.25, 0.3) is 0 Å². The molecule has 0 aromatic carbocycles. The van der Waals surface area contributed by atoms with Crippen LogP contribution in [0.15, 0.2) is 4.99 Å². The van der Waals surface area contributed by atoms with Crippen LogP contribution >= 0.6 is 24.0 Å². The highest BCUT2D eigenvalue weighted by Gasteiger charge is 2.04. The molecule has 0 saturated carbocycles. The molecule has 116 valence electrons. The van der Waals surface area contributed by atoms with Gasteiger partial charge in [0.15, 0.2) is 5.96 Å². The van der Waals surface area contributed by atoms with E-state index in [9.17, 15) is 8.42 Å². The normalized spacial score (nSPS) is 12.2. The van der Waals surface area contributed by atoms with Gasteiger partial charge in [-0.25, -0.2) is 13.1 Å². The van der Waals surface area contributed by atoms with Crippen LogP contribution in [0.25, 0.3) is 0 Å². The van der Waals surface area contributed by atoms with Gasteiger partial charge >= 0.3 is 0 Å². The Bertz CT molecular complexity index is 345. The van der Waals surface area contributed by atoms with E-state index in [4.69, 9.17) is 0 Å². The van der Waals surface area contributed by atoms with Crippen LogP contribution in [0.3, 0.4) is 0 Å². The molecule has 0 aliphatic heterocycles. The molecule has 6 nitrogen and oxygen atoms in total. The van der Waals surface area contributed by atoms with Gasteiger partial charge in [0.05, 0.1) is 5.75 Å². The fourth-order valence-corrected chi connectivity index (χ4v) is 1.85. The van der Waals surface area contributed by atoms with Crippen molar-refractivity contribution in [3.05, 3.63) is 0 Å². The zero-order valence-electron chi connectivity index (χ0n) is 12.2. The molecule has 0 aromatic rings. The molecular formula is C11H27IN4O2S. The van der Waals surface area contributed by atoms with Crippen LogP contribution in [0.2, 0.25) is 0 Å². The Hall–Kier alpha value is -0.0900. The van der Waals surface area contributed by atoms with Crippen molar-refractivity contribution in [2.45, 2.75) is 40.2 Å². The standard InChI is InChI=1S/C11H26N4O2S.HI/c1-5-12-11(15-10(3)4)13-8-7-9-14-18(16,17)6-2;/h10,14H,5-9H2,1-4H3,(H2,12,13,15);1H. The highest BCUT2D eigenvalue weighted by atomic mass is 127. The lowest BCUT2D eigenvalue weighted by atomic mass is 10.4. The Morgan fingerprint density at radius 2 is 1.89 bits per heavy atom. The molecule has 0 aliphatic carbocycles. The molecule has 0 heterocycles. The maximum absolute atomic E-state index is 11.2. The summed E-state index contributed by atoms with van der Waals surface area (Å²) >= 11 is 0. The summed E-state index contributed by atoms with van der Waals surface area (Å²) in [5.74, 6) is 0.888.